The van der Waals surface area contributed by atoms with Crippen LogP contribution in [0, 0.1) is 0 Å². The molecular weight excluding hydrogens is 364 g/mol. The third-order valence-electron chi connectivity index (χ3n) is 6.06. The van der Waals surface area contributed by atoms with E-state index in [0.717, 1.165) is 9.79 Å². The summed E-state index contributed by atoms with van der Waals surface area (Å²) in [6.45, 7) is 0. The van der Waals surface area contributed by atoms with Gasteiger partial charge in [0.15, 0.2) is 0 Å². The topological polar surface area (TPSA) is 0 Å². The Morgan fingerprint density at radius 3 is 1.33 bits per heavy atom. The van der Waals surface area contributed by atoms with Crippen LogP contribution in [0.3, 0.4) is 0 Å². The average Bonchev–Trinajstić information content (AvgIpc) is 3.14. The highest BCUT2D eigenvalue weighted by Crippen LogP contribution is 2.62. The Kier molecular flexibility index (Phi) is 3.07. The largest absolute Gasteiger partial charge is 0.143 e. The normalized spacial score (nSPS) is 14.6. The van der Waals surface area contributed by atoms with Crippen LogP contribution in [0.25, 0.3) is 22.3 Å². The second-order valence-electron chi connectivity index (χ2n) is 7.30. The molecule has 27 heavy (non-hydrogen) atoms. The second kappa shape index (κ2) is 5.31. The van der Waals surface area contributed by atoms with Crippen molar-refractivity contribution in [2.75, 3.05) is 0 Å². The summed E-state index contributed by atoms with van der Waals surface area (Å²) in [7, 11) is 0. The molecular formula is C25H16S2. The highest BCUT2D eigenvalue weighted by atomic mass is 32.1. The van der Waals surface area contributed by atoms with Gasteiger partial charge in [-0.25, -0.2) is 0 Å². The summed E-state index contributed by atoms with van der Waals surface area (Å²) >= 11 is 9.37. The zero-order chi connectivity index (χ0) is 18.2. The first-order valence-corrected chi connectivity index (χ1v) is 9.97. The molecule has 2 aliphatic rings. The van der Waals surface area contributed by atoms with Crippen molar-refractivity contribution in [1.82, 2.24) is 0 Å². The number of benzene rings is 4. The summed E-state index contributed by atoms with van der Waals surface area (Å²) in [6, 6.07) is 30.7. The molecule has 0 unspecified atom stereocenters. The molecule has 6 rings (SSSR count). The maximum absolute atomic E-state index is 4.68. The fourth-order valence-electron chi connectivity index (χ4n) is 5.12. The molecule has 0 atom stereocenters. The lowest BCUT2D eigenvalue weighted by atomic mass is 9.70. The molecule has 4 aromatic carbocycles. The Balaban J connectivity index is 1.88. The lowest BCUT2D eigenvalue weighted by Gasteiger charge is -2.30. The fourth-order valence-corrected chi connectivity index (χ4v) is 5.52. The van der Waals surface area contributed by atoms with Crippen molar-refractivity contribution in [3.8, 4) is 22.3 Å². The maximum Gasteiger partial charge on any atom is 0.0726 e. The Morgan fingerprint density at radius 2 is 0.852 bits per heavy atom. The molecule has 0 saturated carbocycles. The number of fused-ring (bicyclic) bond motifs is 10. The molecule has 0 N–H and O–H groups in total. The molecule has 0 aliphatic heterocycles. The quantitative estimate of drug-likeness (QED) is 0.272. The van der Waals surface area contributed by atoms with Crippen LogP contribution in [0.1, 0.15) is 22.3 Å². The first-order valence-electron chi connectivity index (χ1n) is 9.08. The number of hydrogen-bond acceptors (Lipinski definition) is 2. The standard InChI is InChI=1S/C25H16S2/c26-15-9-11-19-17-5-1-3-7-21(17)25(23(19)13-15)22-8-4-2-6-18(22)20-12-10-16(27)14-24(20)25/h1-14,26-27H. The minimum absolute atomic E-state index is 0.296. The van der Waals surface area contributed by atoms with Crippen LogP contribution in [-0.4, -0.2) is 0 Å². The highest BCUT2D eigenvalue weighted by Gasteiger charge is 2.51. The van der Waals surface area contributed by atoms with Crippen LogP contribution in [0.15, 0.2) is 94.7 Å². The monoisotopic (exact) mass is 380 g/mol. The van der Waals surface area contributed by atoms with Gasteiger partial charge in [0.25, 0.3) is 0 Å². The van der Waals surface area contributed by atoms with E-state index in [0.29, 0.717) is 0 Å². The van der Waals surface area contributed by atoms with Gasteiger partial charge in [0.05, 0.1) is 5.41 Å². The summed E-state index contributed by atoms with van der Waals surface area (Å²) < 4.78 is 0. The third kappa shape index (κ3) is 1.82. The van der Waals surface area contributed by atoms with Gasteiger partial charge in [0, 0.05) is 9.79 Å². The molecule has 1 spiro atoms. The Labute approximate surface area is 169 Å². The van der Waals surface area contributed by atoms with Gasteiger partial charge in [-0.1, -0.05) is 60.7 Å². The van der Waals surface area contributed by atoms with Crippen LogP contribution < -0.4 is 0 Å². The van der Waals surface area contributed by atoms with Gasteiger partial charge in [-0.2, -0.15) is 0 Å². The van der Waals surface area contributed by atoms with E-state index in [-0.39, 0.29) is 5.41 Å². The number of rotatable bonds is 0. The lowest BCUT2D eigenvalue weighted by molar-refractivity contribution is 0.788. The summed E-state index contributed by atoms with van der Waals surface area (Å²) in [4.78, 5) is 1.99. The first-order chi connectivity index (χ1) is 13.2. The first kappa shape index (κ1) is 15.6. The van der Waals surface area contributed by atoms with E-state index >= 15 is 0 Å². The number of hydrogen-bond donors (Lipinski definition) is 2. The summed E-state index contributed by atoms with van der Waals surface area (Å²) in [6.07, 6.45) is 0. The maximum atomic E-state index is 4.68. The minimum atomic E-state index is -0.296. The Bertz CT molecular complexity index is 1150. The predicted molar refractivity (Wildman–Crippen MR) is 117 cm³/mol. The third-order valence-corrected chi connectivity index (χ3v) is 6.61. The van der Waals surface area contributed by atoms with Gasteiger partial charge in [-0.05, 0) is 68.8 Å². The molecule has 0 nitrogen and oxygen atoms in total. The molecule has 0 heterocycles. The SMILES string of the molecule is Sc1ccc2c(c1)C1(c3ccccc3-2)c2ccccc2-c2ccc(S)cc21. The molecule has 0 bridgehead atoms. The smallest absolute Gasteiger partial charge is 0.0726 e. The fraction of sp³-hybridized carbons (Fsp3) is 0.0400. The highest BCUT2D eigenvalue weighted by molar-refractivity contribution is 7.80. The van der Waals surface area contributed by atoms with Gasteiger partial charge in [0.2, 0.25) is 0 Å². The molecule has 0 fully saturated rings. The van der Waals surface area contributed by atoms with Crippen molar-refractivity contribution in [3.63, 3.8) is 0 Å². The molecule has 0 aromatic heterocycles. The van der Waals surface area contributed by atoms with E-state index < -0.39 is 0 Å². The van der Waals surface area contributed by atoms with E-state index in [2.05, 4.69) is 110 Å². The zero-order valence-electron chi connectivity index (χ0n) is 14.5. The van der Waals surface area contributed by atoms with Crippen molar-refractivity contribution < 1.29 is 0 Å². The van der Waals surface area contributed by atoms with E-state index in [9.17, 15) is 0 Å². The second-order valence-corrected chi connectivity index (χ2v) is 8.33. The van der Waals surface area contributed by atoms with Gasteiger partial charge >= 0.3 is 0 Å². The van der Waals surface area contributed by atoms with E-state index in [1.54, 1.807) is 0 Å². The lowest BCUT2D eigenvalue weighted by Crippen LogP contribution is -2.25. The van der Waals surface area contributed by atoms with Gasteiger partial charge < -0.3 is 0 Å². The van der Waals surface area contributed by atoms with Crippen molar-refractivity contribution in [3.05, 3.63) is 107 Å². The molecule has 0 saturated heterocycles. The van der Waals surface area contributed by atoms with Crippen molar-refractivity contribution >= 4 is 25.3 Å². The van der Waals surface area contributed by atoms with Crippen LogP contribution in [0.5, 0.6) is 0 Å². The molecule has 2 aliphatic carbocycles. The van der Waals surface area contributed by atoms with Crippen LogP contribution >= 0.6 is 25.3 Å². The van der Waals surface area contributed by atoms with Crippen LogP contribution in [0.2, 0.25) is 0 Å². The summed E-state index contributed by atoms with van der Waals surface area (Å²) in [5.74, 6) is 0. The average molecular weight is 381 g/mol. The Hall–Kier alpha value is -2.42. The van der Waals surface area contributed by atoms with Crippen LogP contribution in [-0.2, 0) is 5.41 Å². The Morgan fingerprint density at radius 1 is 0.444 bits per heavy atom. The predicted octanol–water partition coefficient (Wildman–Crippen LogP) is 6.61. The van der Waals surface area contributed by atoms with Gasteiger partial charge in [-0.3, -0.25) is 0 Å². The van der Waals surface area contributed by atoms with Gasteiger partial charge in [0.1, 0.15) is 0 Å². The zero-order valence-corrected chi connectivity index (χ0v) is 16.3. The van der Waals surface area contributed by atoms with Crippen molar-refractivity contribution in [2.24, 2.45) is 0 Å². The molecule has 2 heteroatoms. The molecule has 4 aromatic rings. The molecule has 0 radical (unpaired) electrons. The molecule has 0 amide bonds. The van der Waals surface area contributed by atoms with Crippen LogP contribution in [0.4, 0.5) is 0 Å². The van der Waals surface area contributed by atoms with Crippen molar-refractivity contribution in [1.29, 1.82) is 0 Å². The van der Waals surface area contributed by atoms with E-state index in [1.807, 2.05) is 0 Å². The van der Waals surface area contributed by atoms with E-state index in [4.69, 9.17) is 0 Å². The minimum Gasteiger partial charge on any atom is -0.143 e. The summed E-state index contributed by atoms with van der Waals surface area (Å²) in [5.41, 5.74) is 10.3. The van der Waals surface area contributed by atoms with Crippen molar-refractivity contribution in [2.45, 2.75) is 15.2 Å². The summed E-state index contributed by atoms with van der Waals surface area (Å²) in [5, 5.41) is 0. The van der Waals surface area contributed by atoms with E-state index in [1.165, 1.54) is 44.5 Å². The molecule has 128 valence electrons. The number of thiol groups is 2. The van der Waals surface area contributed by atoms with Gasteiger partial charge in [-0.15, -0.1) is 25.3 Å².